The largest absolute Gasteiger partial charge is 0.489 e. The van der Waals surface area contributed by atoms with Gasteiger partial charge in [-0.1, -0.05) is 39.7 Å². The summed E-state index contributed by atoms with van der Waals surface area (Å²) in [6.45, 7) is 5.13. The molecule has 3 N–H and O–H groups in total. The first-order valence-corrected chi connectivity index (χ1v) is 12.7. The Morgan fingerprint density at radius 2 is 1.94 bits per heavy atom. The first-order valence-electron chi connectivity index (χ1n) is 11.5. The predicted molar refractivity (Wildman–Crippen MR) is 131 cm³/mol. The van der Waals surface area contributed by atoms with Gasteiger partial charge in [0.2, 0.25) is 0 Å². The number of nitrogens with zero attached hydrogens (tertiary/aromatic N) is 1. The molecule has 0 aliphatic carbocycles. The van der Waals surface area contributed by atoms with Crippen molar-refractivity contribution in [2.45, 2.75) is 56.0 Å². The molecule has 0 radical (unpaired) electrons. The van der Waals surface area contributed by atoms with Crippen molar-refractivity contribution in [2.75, 3.05) is 26.2 Å². The molecule has 2 atom stereocenters. The van der Waals surface area contributed by atoms with E-state index < -0.39 is 5.60 Å². The summed E-state index contributed by atoms with van der Waals surface area (Å²) in [7, 11) is 0. The number of hydrogen-bond acceptors (Lipinski definition) is 5. The molecule has 2 unspecified atom stereocenters. The first kappa shape index (κ1) is 22.6. The highest BCUT2D eigenvalue weighted by atomic mass is 79.9. The molecule has 5 rings (SSSR count). The van der Waals surface area contributed by atoms with Crippen LogP contribution in [0.3, 0.4) is 0 Å². The normalized spacial score (nSPS) is 27.0. The molecule has 2 aromatic rings. The molecular formula is C25H31BrClN3O2. The van der Waals surface area contributed by atoms with Crippen LogP contribution in [-0.2, 0) is 13.2 Å². The maximum Gasteiger partial charge on any atom is 0.124 e. The van der Waals surface area contributed by atoms with Crippen LogP contribution >= 0.6 is 27.5 Å². The van der Waals surface area contributed by atoms with E-state index in [2.05, 4.69) is 37.5 Å². The third kappa shape index (κ3) is 5.16. The molecule has 0 aromatic heterocycles. The number of hydrogen-bond donors (Lipinski definition) is 3. The Hall–Kier alpha value is -1.15. The van der Waals surface area contributed by atoms with Gasteiger partial charge in [-0.25, -0.2) is 0 Å². The second kappa shape index (κ2) is 9.24. The molecule has 7 heteroatoms. The van der Waals surface area contributed by atoms with Gasteiger partial charge >= 0.3 is 0 Å². The van der Waals surface area contributed by atoms with Crippen molar-refractivity contribution in [2.24, 2.45) is 0 Å². The standard InChI is InChI=1S/C25H31BrClN3O2/c26-20-3-6-23(32-15-18-1-4-21(27)5-2-18)19(11-20)14-30-9-7-25(31,8-10-30)16-24-12-22(13-29-24)28-17-24/h1-6,11,22,28-29,31H,7-10,12-17H2. The topological polar surface area (TPSA) is 56.8 Å². The summed E-state index contributed by atoms with van der Waals surface area (Å²) in [6.07, 6.45) is 3.63. The zero-order chi connectivity index (χ0) is 22.2. The van der Waals surface area contributed by atoms with Crippen molar-refractivity contribution >= 4 is 27.5 Å². The Morgan fingerprint density at radius 1 is 1.16 bits per heavy atom. The lowest BCUT2D eigenvalue weighted by Gasteiger charge is -2.43. The lowest BCUT2D eigenvalue weighted by Crippen LogP contribution is -2.56. The van der Waals surface area contributed by atoms with Crippen LogP contribution in [0.1, 0.15) is 36.8 Å². The maximum absolute atomic E-state index is 11.3. The predicted octanol–water partition coefficient (Wildman–Crippen LogP) is 4.10. The van der Waals surface area contributed by atoms with Crippen LogP contribution in [0.25, 0.3) is 0 Å². The molecule has 2 bridgehead atoms. The summed E-state index contributed by atoms with van der Waals surface area (Å²) in [4.78, 5) is 2.43. The second-order valence-electron chi connectivity index (χ2n) is 9.79. The van der Waals surface area contributed by atoms with E-state index in [4.69, 9.17) is 16.3 Å². The third-order valence-electron chi connectivity index (χ3n) is 7.27. The zero-order valence-electron chi connectivity index (χ0n) is 18.2. The number of benzene rings is 2. The van der Waals surface area contributed by atoms with E-state index in [9.17, 15) is 5.11 Å². The summed E-state index contributed by atoms with van der Waals surface area (Å²) in [6, 6.07) is 14.5. The van der Waals surface area contributed by atoms with Crippen LogP contribution in [0.2, 0.25) is 5.02 Å². The van der Waals surface area contributed by atoms with Gasteiger partial charge in [-0.05, 0) is 61.6 Å². The van der Waals surface area contributed by atoms with Crippen molar-refractivity contribution in [1.29, 1.82) is 0 Å². The summed E-state index contributed by atoms with van der Waals surface area (Å²) in [5, 5.41) is 19.3. The number of ether oxygens (including phenoxy) is 1. The maximum atomic E-state index is 11.3. The van der Waals surface area contributed by atoms with E-state index in [1.807, 2.05) is 36.4 Å². The van der Waals surface area contributed by atoms with Gasteiger partial charge in [-0.3, -0.25) is 4.90 Å². The van der Waals surface area contributed by atoms with Gasteiger partial charge in [0.15, 0.2) is 0 Å². The van der Waals surface area contributed by atoms with E-state index in [-0.39, 0.29) is 5.54 Å². The molecule has 3 aliphatic rings. The first-order chi connectivity index (χ1) is 15.4. The highest BCUT2D eigenvalue weighted by Crippen LogP contribution is 2.38. The number of likely N-dealkylation sites (tertiary alicyclic amines) is 1. The lowest BCUT2D eigenvalue weighted by atomic mass is 9.78. The van der Waals surface area contributed by atoms with E-state index in [1.54, 1.807) is 0 Å². The highest BCUT2D eigenvalue weighted by molar-refractivity contribution is 9.10. The highest BCUT2D eigenvalue weighted by Gasteiger charge is 2.49. The number of fused-ring (bicyclic) bond motifs is 2. The molecule has 3 aliphatic heterocycles. The second-order valence-corrected chi connectivity index (χ2v) is 11.1. The molecule has 172 valence electrons. The van der Waals surface area contributed by atoms with Crippen LogP contribution < -0.4 is 15.4 Å². The van der Waals surface area contributed by atoms with E-state index in [0.29, 0.717) is 12.6 Å². The van der Waals surface area contributed by atoms with Gasteiger partial charge in [-0.15, -0.1) is 0 Å². The van der Waals surface area contributed by atoms with Crippen LogP contribution in [0.4, 0.5) is 0 Å². The number of piperazine rings is 1. The minimum Gasteiger partial charge on any atom is -0.489 e. The Morgan fingerprint density at radius 3 is 2.59 bits per heavy atom. The molecule has 5 nitrogen and oxygen atoms in total. The molecule has 0 spiro atoms. The van der Waals surface area contributed by atoms with Crippen LogP contribution in [-0.4, -0.2) is 53.4 Å². The zero-order valence-corrected chi connectivity index (χ0v) is 20.6. The van der Waals surface area contributed by atoms with E-state index in [0.717, 1.165) is 84.8 Å². The van der Waals surface area contributed by atoms with Crippen molar-refractivity contribution in [1.82, 2.24) is 15.5 Å². The molecule has 3 saturated heterocycles. The average Bonchev–Trinajstić information content (AvgIpc) is 3.36. The Kier molecular flexibility index (Phi) is 6.54. The number of halogens is 2. The molecule has 3 fully saturated rings. The molecular weight excluding hydrogens is 490 g/mol. The Bertz CT molecular complexity index is 939. The molecule has 3 heterocycles. The minimum absolute atomic E-state index is 0.0918. The number of piperidine rings is 1. The van der Waals surface area contributed by atoms with Gasteiger partial charge in [0.25, 0.3) is 0 Å². The lowest BCUT2D eigenvalue weighted by molar-refractivity contribution is -0.0455. The van der Waals surface area contributed by atoms with Gasteiger partial charge in [0.05, 0.1) is 5.60 Å². The molecule has 0 saturated carbocycles. The SMILES string of the molecule is OC1(CC23CNC(CN2)C3)CCN(Cc2cc(Br)ccc2OCc2ccc(Cl)cc2)CC1. The summed E-state index contributed by atoms with van der Waals surface area (Å²) < 4.78 is 7.22. The Labute approximate surface area is 203 Å². The van der Waals surface area contributed by atoms with Gasteiger partial charge in [0, 0.05) is 59.4 Å². The number of aliphatic hydroxyl groups is 1. The Balaban J connectivity index is 1.19. The molecule has 32 heavy (non-hydrogen) atoms. The molecule has 2 aromatic carbocycles. The summed E-state index contributed by atoms with van der Waals surface area (Å²) >= 11 is 9.60. The van der Waals surface area contributed by atoms with Gasteiger partial charge in [-0.2, -0.15) is 0 Å². The van der Waals surface area contributed by atoms with Crippen molar-refractivity contribution in [3.8, 4) is 5.75 Å². The van der Waals surface area contributed by atoms with E-state index >= 15 is 0 Å². The average molecular weight is 521 g/mol. The smallest absolute Gasteiger partial charge is 0.124 e. The summed E-state index contributed by atoms with van der Waals surface area (Å²) in [5.41, 5.74) is 1.77. The summed E-state index contributed by atoms with van der Waals surface area (Å²) in [5.74, 6) is 0.904. The fraction of sp³-hybridized carbons (Fsp3) is 0.520. The van der Waals surface area contributed by atoms with Crippen molar-refractivity contribution in [3.63, 3.8) is 0 Å². The van der Waals surface area contributed by atoms with E-state index in [1.165, 1.54) is 0 Å². The quantitative estimate of drug-likeness (QED) is 0.513. The van der Waals surface area contributed by atoms with Crippen LogP contribution in [0.15, 0.2) is 46.9 Å². The monoisotopic (exact) mass is 519 g/mol. The van der Waals surface area contributed by atoms with Crippen molar-refractivity contribution < 1.29 is 9.84 Å². The number of rotatable bonds is 7. The fourth-order valence-corrected chi connectivity index (χ4v) is 6.04. The molecule has 0 amide bonds. The third-order valence-corrected chi connectivity index (χ3v) is 8.01. The van der Waals surface area contributed by atoms with Crippen LogP contribution in [0.5, 0.6) is 5.75 Å². The van der Waals surface area contributed by atoms with Crippen LogP contribution in [0, 0.1) is 0 Å². The number of nitrogens with one attached hydrogen (secondary N) is 2. The van der Waals surface area contributed by atoms with Crippen molar-refractivity contribution in [3.05, 3.63) is 63.1 Å². The fourth-order valence-electron chi connectivity index (χ4n) is 5.50. The van der Waals surface area contributed by atoms with Gasteiger partial charge < -0.3 is 20.5 Å². The van der Waals surface area contributed by atoms with Gasteiger partial charge in [0.1, 0.15) is 12.4 Å². The minimum atomic E-state index is -0.574.